The van der Waals surface area contributed by atoms with E-state index in [1.165, 1.54) is 16.8 Å². The molecule has 4 nitrogen and oxygen atoms in total. The van der Waals surface area contributed by atoms with Crippen molar-refractivity contribution < 1.29 is 0 Å². The van der Waals surface area contributed by atoms with Gasteiger partial charge in [0.25, 0.3) is 0 Å². The fourth-order valence-electron chi connectivity index (χ4n) is 2.36. The molecule has 4 heteroatoms. The van der Waals surface area contributed by atoms with Gasteiger partial charge in [0, 0.05) is 31.7 Å². The predicted molar refractivity (Wildman–Crippen MR) is 73.8 cm³/mol. The lowest BCUT2D eigenvalue weighted by molar-refractivity contribution is 0.589. The van der Waals surface area contributed by atoms with Gasteiger partial charge in [-0.15, -0.1) is 0 Å². The van der Waals surface area contributed by atoms with E-state index in [0.29, 0.717) is 0 Å². The first-order valence-corrected chi connectivity index (χ1v) is 6.41. The largest absolute Gasteiger partial charge is 0.366 e. The Morgan fingerprint density at radius 2 is 1.83 bits per heavy atom. The highest BCUT2D eigenvalue weighted by Gasteiger charge is 2.16. The molecule has 3 rings (SSSR count). The van der Waals surface area contributed by atoms with Crippen LogP contribution in [0.3, 0.4) is 0 Å². The molecule has 0 bridgehead atoms. The smallest absolute Gasteiger partial charge is 0.0884 e. The van der Waals surface area contributed by atoms with Crippen molar-refractivity contribution in [1.29, 1.82) is 0 Å². The summed E-state index contributed by atoms with van der Waals surface area (Å²) in [6.45, 7) is 6.27. The number of aromatic amines is 1. The van der Waals surface area contributed by atoms with E-state index in [1.807, 2.05) is 6.20 Å². The number of anilines is 1. The van der Waals surface area contributed by atoms with Crippen molar-refractivity contribution in [2.45, 2.75) is 6.92 Å². The van der Waals surface area contributed by atoms with Crippen molar-refractivity contribution in [3.63, 3.8) is 0 Å². The Labute approximate surface area is 107 Å². The van der Waals surface area contributed by atoms with Crippen LogP contribution in [0.4, 0.5) is 5.69 Å². The Hall–Kier alpha value is -1.81. The first kappa shape index (κ1) is 11.3. The predicted octanol–water partition coefficient (Wildman–Crippen LogP) is 1.79. The van der Waals surface area contributed by atoms with Gasteiger partial charge in [-0.3, -0.25) is 5.10 Å². The molecule has 1 aromatic carbocycles. The molecular weight excluding hydrogens is 224 g/mol. The van der Waals surface area contributed by atoms with Gasteiger partial charge in [-0.25, -0.2) is 0 Å². The minimum atomic E-state index is 1.04. The molecule has 2 heterocycles. The molecule has 1 fully saturated rings. The number of aromatic nitrogens is 2. The molecule has 0 amide bonds. The molecule has 0 atom stereocenters. The van der Waals surface area contributed by atoms with E-state index in [2.05, 4.69) is 51.6 Å². The van der Waals surface area contributed by atoms with Gasteiger partial charge in [0.15, 0.2) is 0 Å². The number of rotatable bonds is 2. The monoisotopic (exact) mass is 242 g/mol. The van der Waals surface area contributed by atoms with Gasteiger partial charge in [-0.2, -0.15) is 5.10 Å². The van der Waals surface area contributed by atoms with Crippen LogP contribution in [0.1, 0.15) is 5.56 Å². The highest BCUT2D eigenvalue weighted by Crippen LogP contribution is 2.28. The molecule has 1 aromatic heterocycles. The summed E-state index contributed by atoms with van der Waals surface area (Å²) in [6, 6.07) is 8.57. The van der Waals surface area contributed by atoms with Gasteiger partial charge >= 0.3 is 0 Å². The van der Waals surface area contributed by atoms with Crippen molar-refractivity contribution >= 4 is 5.69 Å². The Bertz CT molecular complexity index is 509. The van der Waals surface area contributed by atoms with E-state index in [-0.39, 0.29) is 0 Å². The maximum atomic E-state index is 4.21. The molecule has 0 unspecified atom stereocenters. The number of nitrogens with zero attached hydrogens (tertiary/aromatic N) is 2. The highest BCUT2D eigenvalue weighted by molar-refractivity contribution is 5.74. The first-order valence-electron chi connectivity index (χ1n) is 6.41. The maximum absolute atomic E-state index is 4.21. The van der Waals surface area contributed by atoms with Crippen molar-refractivity contribution in [1.82, 2.24) is 15.5 Å². The molecule has 0 aliphatic carbocycles. The summed E-state index contributed by atoms with van der Waals surface area (Å²) in [6.07, 6.45) is 1.93. The standard InChI is InChI=1S/C14H18N4/c1-11-2-4-12(5-3-11)14-13(10-16-17-14)18-8-6-15-7-9-18/h2-5,10,15H,6-9H2,1H3,(H,16,17). The lowest BCUT2D eigenvalue weighted by atomic mass is 10.1. The van der Waals surface area contributed by atoms with Crippen molar-refractivity contribution in [3.05, 3.63) is 36.0 Å². The van der Waals surface area contributed by atoms with Crippen LogP contribution in [0.2, 0.25) is 0 Å². The van der Waals surface area contributed by atoms with Gasteiger partial charge in [0.2, 0.25) is 0 Å². The number of piperazine rings is 1. The zero-order chi connectivity index (χ0) is 12.4. The number of H-pyrrole nitrogens is 1. The van der Waals surface area contributed by atoms with Crippen LogP contribution in [-0.4, -0.2) is 36.4 Å². The van der Waals surface area contributed by atoms with Crippen LogP contribution < -0.4 is 10.2 Å². The summed E-state index contributed by atoms with van der Waals surface area (Å²) in [5, 5.41) is 10.7. The Morgan fingerprint density at radius 1 is 1.11 bits per heavy atom. The quantitative estimate of drug-likeness (QED) is 0.844. The average molecular weight is 242 g/mol. The zero-order valence-electron chi connectivity index (χ0n) is 10.6. The lowest BCUT2D eigenvalue weighted by Crippen LogP contribution is -2.43. The lowest BCUT2D eigenvalue weighted by Gasteiger charge is -2.29. The summed E-state index contributed by atoms with van der Waals surface area (Å²) in [5.41, 5.74) is 4.81. The molecule has 2 N–H and O–H groups in total. The summed E-state index contributed by atoms with van der Waals surface area (Å²) in [7, 11) is 0. The van der Waals surface area contributed by atoms with Crippen LogP contribution in [0, 0.1) is 6.92 Å². The highest BCUT2D eigenvalue weighted by atomic mass is 15.2. The summed E-state index contributed by atoms with van der Waals surface area (Å²) in [4.78, 5) is 2.38. The van der Waals surface area contributed by atoms with Crippen LogP contribution in [0.15, 0.2) is 30.5 Å². The summed E-state index contributed by atoms with van der Waals surface area (Å²) < 4.78 is 0. The third-order valence-electron chi connectivity index (χ3n) is 3.42. The van der Waals surface area contributed by atoms with E-state index >= 15 is 0 Å². The molecule has 0 saturated carbocycles. The second-order valence-corrected chi connectivity index (χ2v) is 4.73. The number of hydrogen-bond donors (Lipinski definition) is 2. The Kier molecular flexibility index (Phi) is 3.02. The molecule has 1 saturated heterocycles. The van der Waals surface area contributed by atoms with Crippen LogP contribution in [0.25, 0.3) is 11.3 Å². The molecule has 2 aromatic rings. The fourth-order valence-corrected chi connectivity index (χ4v) is 2.36. The van der Waals surface area contributed by atoms with E-state index in [1.54, 1.807) is 0 Å². The molecule has 0 radical (unpaired) electrons. The number of nitrogens with one attached hydrogen (secondary N) is 2. The third kappa shape index (κ3) is 2.11. The van der Waals surface area contributed by atoms with Gasteiger partial charge in [-0.1, -0.05) is 29.8 Å². The topological polar surface area (TPSA) is 44.0 Å². The second kappa shape index (κ2) is 4.82. The first-order chi connectivity index (χ1) is 8.84. The average Bonchev–Trinajstić information content (AvgIpc) is 2.90. The summed E-state index contributed by atoms with van der Waals surface area (Å²) >= 11 is 0. The van der Waals surface area contributed by atoms with Gasteiger partial charge < -0.3 is 10.2 Å². The Morgan fingerprint density at radius 3 is 2.56 bits per heavy atom. The molecule has 1 aliphatic heterocycles. The number of aryl methyl sites for hydroxylation is 1. The minimum absolute atomic E-state index is 1.04. The van der Waals surface area contributed by atoms with E-state index in [4.69, 9.17) is 0 Å². The third-order valence-corrected chi connectivity index (χ3v) is 3.42. The molecule has 18 heavy (non-hydrogen) atoms. The SMILES string of the molecule is Cc1ccc(-c2[nH]ncc2N2CCNCC2)cc1. The van der Waals surface area contributed by atoms with E-state index in [0.717, 1.165) is 31.9 Å². The molecule has 94 valence electrons. The normalized spacial score (nSPS) is 15.9. The van der Waals surface area contributed by atoms with Gasteiger partial charge in [-0.05, 0) is 6.92 Å². The van der Waals surface area contributed by atoms with Gasteiger partial charge in [0.05, 0.1) is 17.6 Å². The maximum Gasteiger partial charge on any atom is 0.0884 e. The molecular formula is C14H18N4. The molecule has 1 aliphatic rings. The van der Waals surface area contributed by atoms with Crippen LogP contribution in [-0.2, 0) is 0 Å². The zero-order valence-corrected chi connectivity index (χ0v) is 10.6. The fraction of sp³-hybridized carbons (Fsp3) is 0.357. The minimum Gasteiger partial charge on any atom is -0.366 e. The summed E-state index contributed by atoms with van der Waals surface area (Å²) in [5.74, 6) is 0. The van der Waals surface area contributed by atoms with Crippen LogP contribution >= 0.6 is 0 Å². The Balaban J connectivity index is 1.93. The van der Waals surface area contributed by atoms with Crippen molar-refractivity contribution in [2.75, 3.05) is 31.1 Å². The number of benzene rings is 1. The second-order valence-electron chi connectivity index (χ2n) is 4.73. The van der Waals surface area contributed by atoms with Gasteiger partial charge in [0.1, 0.15) is 0 Å². The van der Waals surface area contributed by atoms with E-state index < -0.39 is 0 Å². The number of hydrogen-bond acceptors (Lipinski definition) is 3. The molecule has 0 spiro atoms. The van der Waals surface area contributed by atoms with E-state index in [9.17, 15) is 0 Å². The van der Waals surface area contributed by atoms with Crippen LogP contribution in [0.5, 0.6) is 0 Å². The van der Waals surface area contributed by atoms with Crippen molar-refractivity contribution in [3.8, 4) is 11.3 Å². The van der Waals surface area contributed by atoms with Crippen molar-refractivity contribution in [2.24, 2.45) is 0 Å².